The molecule has 1 aliphatic heterocycles. The van der Waals surface area contributed by atoms with Crippen LogP contribution in [0.25, 0.3) is 0 Å². The molecule has 2 aromatic carbocycles. The summed E-state index contributed by atoms with van der Waals surface area (Å²) in [5.41, 5.74) is 4.46. The number of likely N-dealkylation sites (tertiary alicyclic amines) is 1. The summed E-state index contributed by atoms with van der Waals surface area (Å²) in [6, 6.07) is 14.8. The van der Waals surface area contributed by atoms with Gasteiger partial charge in [0.05, 0.1) is 14.2 Å². The number of benzene rings is 2. The van der Waals surface area contributed by atoms with Gasteiger partial charge in [0.15, 0.2) is 11.5 Å². The fourth-order valence-corrected chi connectivity index (χ4v) is 4.75. The van der Waals surface area contributed by atoms with Crippen LogP contribution >= 0.6 is 0 Å². The van der Waals surface area contributed by atoms with Crippen molar-refractivity contribution in [2.24, 2.45) is 11.8 Å². The minimum atomic E-state index is 0.331. The van der Waals surface area contributed by atoms with Gasteiger partial charge in [0, 0.05) is 23.7 Å². The van der Waals surface area contributed by atoms with Crippen LogP contribution < -0.4 is 9.47 Å². The Kier molecular flexibility index (Phi) is 5.67. The van der Waals surface area contributed by atoms with E-state index in [4.69, 9.17) is 14.9 Å². The van der Waals surface area contributed by atoms with Crippen LogP contribution in [-0.4, -0.2) is 37.9 Å². The van der Waals surface area contributed by atoms with Crippen molar-refractivity contribution >= 4 is 5.71 Å². The molecule has 1 saturated heterocycles. The van der Waals surface area contributed by atoms with Gasteiger partial charge in [-0.1, -0.05) is 30.3 Å². The van der Waals surface area contributed by atoms with Gasteiger partial charge in [-0.15, -0.1) is 0 Å². The third kappa shape index (κ3) is 3.93. The third-order valence-electron chi connectivity index (χ3n) is 6.35. The minimum Gasteiger partial charge on any atom is -0.493 e. The molecule has 28 heavy (non-hydrogen) atoms. The van der Waals surface area contributed by atoms with Crippen molar-refractivity contribution in [3.05, 3.63) is 59.2 Å². The fraction of sp³-hybridized carbons (Fsp3) is 0.458. The van der Waals surface area contributed by atoms with Crippen molar-refractivity contribution in [3.8, 4) is 11.5 Å². The Balaban J connectivity index is 1.34. The Bertz CT molecular complexity index is 826. The average molecular weight is 379 g/mol. The van der Waals surface area contributed by atoms with Crippen molar-refractivity contribution in [2.45, 2.75) is 32.2 Å². The van der Waals surface area contributed by atoms with Crippen LogP contribution in [0.2, 0.25) is 0 Å². The molecule has 1 N–H and O–H groups in total. The first-order valence-corrected chi connectivity index (χ1v) is 10.3. The minimum absolute atomic E-state index is 0.331. The first-order chi connectivity index (χ1) is 13.7. The van der Waals surface area contributed by atoms with E-state index in [-0.39, 0.29) is 0 Å². The van der Waals surface area contributed by atoms with E-state index in [0.29, 0.717) is 5.92 Å². The molecule has 0 radical (unpaired) electrons. The van der Waals surface area contributed by atoms with Gasteiger partial charge < -0.3 is 14.9 Å². The topological polar surface area (TPSA) is 45.6 Å². The summed E-state index contributed by atoms with van der Waals surface area (Å²) < 4.78 is 10.9. The van der Waals surface area contributed by atoms with Crippen molar-refractivity contribution < 1.29 is 9.47 Å². The summed E-state index contributed by atoms with van der Waals surface area (Å²) in [4.78, 5) is 2.57. The normalized spacial score (nSPS) is 20.2. The molecule has 4 nitrogen and oxygen atoms in total. The molecule has 1 unspecified atom stereocenters. The number of fused-ring (bicyclic) bond motifs is 1. The predicted octanol–water partition coefficient (Wildman–Crippen LogP) is 4.55. The van der Waals surface area contributed by atoms with Gasteiger partial charge in [-0.25, -0.2) is 0 Å². The molecule has 1 aliphatic carbocycles. The number of piperidine rings is 1. The molecule has 2 aliphatic rings. The van der Waals surface area contributed by atoms with Gasteiger partial charge in [0.2, 0.25) is 0 Å². The second-order valence-corrected chi connectivity index (χ2v) is 8.12. The molecule has 4 rings (SSSR count). The highest BCUT2D eigenvalue weighted by atomic mass is 16.5. The Hall–Kier alpha value is -2.33. The molecule has 148 valence electrons. The van der Waals surface area contributed by atoms with E-state index in [1.807, 2.05) is 6.07 Å². The van der Waals surface area contributed by atoms with E-state index in [1.165, 1.54) is 24.0 Å². The quantitative estimate of drug-likeness (QED) is 0.802. The number of ether oxygens (including phenoxy) is 2. The molecule has 0 saturated carbocycles. The number of rotatable bonds is 6. The lowest BCUT2D eigenvalue weighted by Gasteiger charge is -2.33. The number of hydrogen-bond acceptors (Lipinski definition) is 4. The van der Waals surface area contributed by atoms with Gasteiger partial charge in [-0.2, -0.15) is 0 Å². The second-order valence-electron chi connectivity index (χ2n) is 8.12. The van der Waals surface area contributed by atoms with Crippen LogP contribution in [0.3, 0.4) is 0 Å². The molecule has 0 amide bonds. The van der Waals surface area contributed by atoms with Crippen LogP contribution in [0.5, 0.6) is 11.5 Å². The Morgan fingerprint density at radius 3 is 2.36 bits per heavy atom. The fourth-order valence-electron chi connectivity index (χ4n) is 4.75. The average Bonchev–Trinajstić information content (AvgIpc) is 3.03. The summed E-state index contributed by atoms with van der Waals surface area (Å²) in [5.74, 6) is 2.54. The first kappa shape index (κ1) is 19.0. The molecule has 0 bridgehead atoms. The lowest BCUT2D eigenvalue weighted by Crippen LogP contribution is -2.34. The zero-order valence-electron chi connectivity index (χ0n) is 16.9. The molecule has 0 aromatic heterocycles. The van der Waals surface area contributed by atoms with Gasteiger partial charge in [-0.3, -0.25) is 4.90 Å². The molecule has 4 heteroatoms. The summed E-state index contributed by atoms with van der Waals surface area (Å²) in [5, 5.41) is 8.69. The molecule has 1 heterocycles. The number of hydrogen-bond donors (Lipinski definition) is 1. The van der Waals surface area contributed by atoms with Crippen molar-refractivity contribution in [2.75, 3.05) is 27.3 Å². The van der Waals surface area contributed by atoms with Crippen molar-refractivity contribution in [3.63, 3.8) is 0 Å². The number of methoxy groups -OCH3 is 2. The van der Waals surface area contributed by atoms with Crippen molar-refractivity contribution in [1.82, 2.24) is 4.90 Å². The predicted molar refractivity (Wildman–Crippen MR) is 113 cm³/mol. The van der Waals surface area contributed by atoms with Gasteiger partial charge >= 0.3 is 0 Å². The van der Waals surface area contributed by atoms with E-state index >= 15 is 0 Å². The summed E-state index contributed by atoms with van der Waals surface area (Å²) in [6.07, 6.45) is 4.55. The summed E-state index contributed by atoms with van der Waals surface area (Å²) >= 11 is 0. The highest BCUT2D eigenvalue weighted by molar-refractivity contribution is 6.04. The van der Waals surface area contributed by atoms with Crippen LogP contribution in [-0.2, 0) is 13.0 Å². The molecule has 1 atom stereocenters. The Morgan fingerprint density at radius 2 is 1.68 bits per heavy atom. The van der Waals surface area contributed by atoms with E-state index in [1.54, 1.807) is 14.2 Å². The van der Waals surface area contributed by atoms with Crippen LogP contribution in [0, 0.1) is 17.2 Å². The van der Waals surface area contributed by atoms with E-state index in [0.717, 1.165) is 61.2 Å². The second kappa shape index (κ2) is 8.36. The molecule has 2 aromatic rings. The number of nitrogens with one attached hydrogen (secondary N) is 1. The highest BCUT2D eigenvalue weighted by Gasteiger charge is 2.32. The SMILES string of the molecule is COc1cc2c(cc1OC)C(=N)C(CC1CCN(Cc3ccccc3)CC1)C2. The highest BCUT2D eigenvalue weighted by Crippen LogP contribution is 2.39. The maximum absolute atomic E-state index is 8.69. The Labute approximate surface area is 168 Å². The molecular formula is C24H30N2O2. The van der Waals surface area contributed by atoms with E-state index < -0.39 is 0 Å². The largest absolute Gasteiger partial charge is 0.493 e. The van der Waals surface area contributed by atoms with Crippen LogP contribution in [0.1, 0.15) is 36.0 Å². The monoisotopic (exact) mass is 378 g/mol. The molecular weight excluding hydrogens is 348 g/mol. The van der Waals surface area contributed by atoms with Gasteiger partial charge in [0.1, 0.15) is 0 Å². The van der Waals surface area contributed by atoms with E-state index in [9.17, 15) is 0 Å². The first-order valence-electron chi connectivity index (χ1n) is 10.3. The van der Waals surface area contributed by atoms with Crippen LogP contribution in [0.4, 0.5) is 0 Å². The smallest absolute Gasteiger partial charge is 0.161 e. The standard InChI is InChI=1S/C24H30N2O2/c1-27-22-14-19-13-20(24(25)21(19)15-23(22)28-2)12-17-8-10-26(11-9-17)16-18-6-4-3-5-7-18/h3-7,14-15,17,20,25H,8-13,16H2,1-2H3. The van der Waals surface area contributed by atoms with E-state index in [2.05, 4.69) is 41.3 Å². The zero-order chi connectivity index (χ0) is 19.5. The summed E-state index contributed by atoms with van der Waals surface area (Å²) in [6.45, 7) is 3.38. The lowest BCUT2D eigenvalue weighted by molar-refractivity contribution is 0.167. The number of nitrogens with zero attached hydrogens (tertiary/aromatic N) is 1. The van der Waals surface area contributed by atoms with Gasteiger partial charge in [-0.05, 0) is 68.0 Å². The molecule has 1 fully saturated rings. The van der Waals surface area contributed by atoms with Gasteiger partial charge in [0.25, 0.3) is 0 Å². The molecule has 0 spiro atoms. The lowest BCUT2D eigenvalue weighted by atomic mass is 9.85. The van der Waals surface area contributed by atoms with Crippen LogP contribution in [0.15, 0.2) is 42.5 Å². The summed E-state index contributed by atoms with van der Waals surface area (Å²) in [7, 11) is 3.33. The zero-order valence-corrected chi connectivity index (χ0v) is 16.9. The van der Waals surface area contributed by atoms with Crippen molar-refractivity contribution in [1.29, 1.82) is 5.41 Å². The third-order valence-corrected chi connectivity index (χ3v) is 6.35. The Morgan fingerprint density at radius 1 is 1.00 bits per heavy atom. The maximum atomic E-state index is 8.69. The maximum Gasteiger partial charge on any atom is 0.161 e.